The van der Waals surface area contributed by atoms with Crippen LogP contribution in [0.3, 0.4) is 0 Å². The summed E-state index contributed by atoms with van der Waals surface area (Å²) < 4.78 is 14.2. The molecule has 2 aliphatic rings. The number of ether oxygens (including phenoxy) is 2. The van der Waals surface area contributed by atoms with Crippen molar-refractivity contribution >= 4 is 41.6 Å². The first-order valence-corrected chi connectivity index (χ1v) is 22.3. The lowest BCUT2D eigenvalue weighted by molar-refractivity contribution is -0.112. The Morgan fingerprint density at radius 3 is 1.24 bits per heavy atom. The number of nitrogens with one attached hydrogen (secondary N) is 2. The van der Waals surface area contributed by atoms with Gasteiger partial charge in [0.15, 0.2) is 12.5 Å². The number of halogens is 2. The molecule has 2 saturated heterocycles. The van der Waals surface area contributed by atoms with Crippen LogP contribution in [-0.4, -0.2) is 72.6 Å². The van der Waals surface area contributed by atoms with E-state index in [4.69, 9.17) is 32.7 Å². The fourth-order valence-electron chi connectivity index (χ4n) is 7.55. The standard InChI is InChI=1S/C17H22Si.2C12H17ClN2O4.2CH4/c1-17(2,3)18(4,15-11-7-5-8-12-15)16-13-9-6-10-14-16;2*1-3-12(6-16)7(2)9(13)10(19-12)15-5-4-8(17)14-11(15)18;;/h5-14H,1-4H3;2*4-5,7,9-10,16H,3,6H2,1-2H3,(H,14,17,18);2*1H4/t;7-,9+,10+,12+;7-,9+,10+,12-;;/m.00../s1. The van der Waals surface area contributed by atoms with Gasteiger partial charge in [-0.05, 0) is 17.9 Å². The molecule has 0 aliphatic carbocycles. The third kappa shape index (κ3) is 10.1. The molecule has 8 atom stereocenters. The molecule has 0 radical (unpaired) electrons. The molecule has 4 aromatic rings. The minimum atomic E-state index is -1.70. The van der Waals surface area contributed by atoms with Gasteiger partial charge >= 0.3 is 11.4 Å². The van der Waals surface area contributed by atoms with E-state index in [1.54, 1.807) is 0 Å². The summed E-state index contributed by atoms with van der Waals surface area (Å²) >= 11 is 12.7. The Morgan fingerprint density at radius 2 is 1.00 bits per heavy atom. The zero-order chi connectivity index (χ0) is 41.6. The number of aromatic nitrogens is 4. The van der Waals surface area contributed by atoms with E-state index in [9.17, 15) is 29.4 Å². The van der Waals surface area contributed by atoms with E-state index in [-0.39, 0.29) is 39.9 Å². The van der Waals surface area contributed by atoms with Gasteiger partial charge in [-0.2, -0.15) is 0 Å². The average molecular weight is 864 g/mol. The molecular formula is C43H64Cl2N4O8Si. The van der Waals surface area contributed by atoms with Crippen molar-refractivity contribution in [3.63, 3.8) is 0 Å². The summed E-state index contributed by atoms with van der Waals surface area (Å²) in [6.07, 6.45) is 2.49. The molecule has 2 fully saturated rings. The monoisotopic (exact) mass is 862 g/mol. The molecule has 0 saturated carbocycles. The highest BCUT2D eigenvalue weighted by Gasteiger charge is 2.53. The van der Waals surface area contributed by atoms with Crippen LogP contribution in [0.25, 0.3) is 0 Å². The summed E-state index contributed by atoms with van der Waals surface area (Å²) in [5.74, 6) is -0.235. The number of aromatic amines is 2. The highest BCUT2D eigenvalue weighted by atomic mass is 35.5. The van der Waals surface area contributed by atoms with E-state index in [2.05, 4.69) is 97.9 Å². The minimum Gasteiger partial charge on any atom is -0.393 e. The Bertz CT molecular complexity index is 1970. The first-order chi connectivity index (χ1) is 26.4. The molecule has 58 heavy (non-hydrogen) atoms. The van der Waals surface area contributed by atoms with Gasteiger partial charge in [0.25, 0.3) is 11.1 Å². The topological polar surface area (TPSA) is 169 Å². The van der Waals surface area contributed by atoms with Gasteiger partial charge in [0.2, 0.25) is 0 Å². The maximum absolute atomic E-state index is 11.8. The van der Waals surface area contributed by atoms with Crippen LogP contribution in [0.4, 0.5) is 0 Å². The maximum atomic E-state index is 11.8. The maximum Gasteiger partial charge on any atom is 0.330 e. The molecule has 0 bridgehead atoms. The Morgan fingerprint density at radius 1 is 0.672 bits per heavy atom. The van der Waals surface area contributed by atoms with Crippen LogP contribution in [0.15, 0.2) is 104 Å². The minimum absolute atomic E-state index is 0. The van der Waals surface area contributed by atoms with Crippen LogP contribution in [0.2, 0.25) is 11.6 Å². The molecule has 322 valence electrons. The lowest BCUT2D eigenvalue weighted by Crippen LogP contribution is -2.61. The lowest BCUT2D eigenvalue weighted by atomic mass is 9.87. The van der Waals surface area contributed by atoms with Gasteiger partial charge in [0.1, 0.15) is 8.07 Å². The number of rotatable bonds is 8. The van der Waals surface area contributed by atoms with E-state index < -0.39 is 65.0 Å². The Hall–Kier alpha value is -3.56. The summed E-state index contributed by atoms with van der Waals surface area (Å²) in [6.45, 7) is 16.8. The Labute approximate surface area is 353 Å². The molecule has 2 aliphatic heterocycles. The molecule has 4 N–H and O–H groups in total. The number of hydrogen-bond donors (Lipinski definition) is 4. The summed E-state index contributed by atoms with van der Waals surface area (Å²) in [5.41, 5.74) is -3.59. The zero-order valence-corrected chi connectivity index (χ0v) is 35.9. The van der Waals surface area contributed by atoms with Gasteiger partial charge in [-0.25, -0.2) is 9.59 Å². The zero-order valence-electron chi connectivity index (χ0n) is 33.4. The quantitative estimate of drug-likeness (QED) is 0.126. The van der Waals surface area contributed by atoms with Crippen molar-refractivity contribution in [2.45, 2.75) is 122 Å². The number of aliphatic hydroxyl groups excluding tert-OH is 2. The molecule has 2 aromatic carbocycles. The molecule has 15 heteroatoms. The predicted octanol–water partition coefficient (Wildman–Crippen LogP) is 5.85. The van der Waals surface area contributed by atoms with E-state index in [0.717, 1.165) is 0 Å². The predicted molar refractivity (Wildman–Crippen MR) is 238 cm³/mol. The largest absolute Gasteiger partial charge is 0.393 e. The molecule has 4 heterocycles. The molecule has 0 unspecified atom stereocenters. The second-order valence-corrected chi connectivity index (χ2v) is 21.7. The molecule has 0 spiro atoms. The van der Waals surface area contributed by atoms with Gasteiger partial charge in [-0.15, -0.1) is 23.2 Å². The number of H-pyrrole nitrogens is 2. The number of alkyl halides is 2. The molecule has 0 amide bonds. The van der Waals surface area contributed by atoms with Crippen molar-refractivity contribution in [1.82, 2.24) is 19.1 Å². The Kier molecular flexibility index (Phi) is 18.0. The normalized spacial score (nSPS) is 26.6. The van der Waals surface area contributed by atoms with Crippen molar-refractivity contribution in [1.29, 1.82) is 0 Å². The average Bonchev–Trinajstić information content (AvgIpc) is 3.59. The van der Waals surface area contributed by atoms with Crippen LogP contribution >= 0.6 is 23.2 Å². The summed E-state index contributed by atoms with van der Waals surface area (Å²) in [7, 11) is -1.70. The first-order valence-electron chi connectivity index (χ1n) is 19.0. The van der Waals surface area contributed by atoms with Crippen LogP contribution in [0, 0.1) is 11.8 Å². The van der Waals surface area contributed by atoms with Crippen LogP contribution in [0.5, 0.6) is 0 Å². The number of aliphatic hydroxyl groups is 2. The smallest absolute Gasteiger partial charge is 0.330 e. The fourth-order valence-corrected chi connectivity index (χ4v) is 12.1. The molecular weight excluding hydrogens is 799 g/mol. The number of hydrogen-bond acceptors (Lipinski definition) is 8. The van der Waals surface area contributed by atoms with Gasteiger partial charge in [0.05, 0.1) is 35.2 Å². The molecule has 6 rings (SSSR count). The van der Waals surface area contributed by atoms with E-state index in [0.29, 0.717) is 17.9 Å². The van der Waals surface area contributed by atoms with Crippen LogP contribution in [-0.2, 0) is 9.47 Å². The van der Waals surface area contributed by atoms with Crippen molar-refractivity contribution in [3.05, 3.63) is 127 Å². The highest BCUT2D eigenvalue weighted by molar-refractivity contribution is 7.03. The number of nitrogens with zero attached hydrogens (tertiary/aromatic N) is 2. The highest BCUT2D eigenvalue weighted by Crippen LogP contribution is 2.46. The van der Waals surface area contributed by atoms with Crippen molar-refractivity contribution in [2.75, 3.05) is 13.2 Å². The third-order valence-electron chi connectivity index (χ3n) is 12.1. The van der Waals surface area contributed by atoms with Gasteiger partial charge < -0.3 is 19.7 Å². The van der Waals surface area contributed by atoms with Crippen molar-refractivity contribution in [3.8, 4) is 0 Å². The second-order valence-electron chi connectivity index (χ2n) is 15.8. The van der Waals surface area contributed by atoms with E-state index in [1.165, 1.54) is 44.0 Å². The lowest BCUT2D eigenvalue weighted by Gasteiger charge is -2.41. The summed E-state index contributed by atoms with van der Waals surface area (Å²) in [4.78, 5) is 50.0. The van der Waals surface area contributed by atoms with Crippen molar-refractivity contribution in [2.24, 2.45) is 11.8 Å². The van der Waals surface area contributed by atoms with Gasteiger partial charge in [0, 0.05) is 36.4 Å². The van der Waals surface area contributed by atoms with Crippen LogP contribution < -0.4 is 32.9 Å². The summed E-state index contributed by atoms with van der Waals surface area (Å²) in [5, 5.41) is 21.5. The first kappa shape index (κ1) is 50.6. The third-order valence-corrected chi connectivity index (χ3v) is 19.2. The van der Waals surface area contributed by atoms with E-state index in [1.807, 2.05) is 27.7 Å². The van der Waals surface area contributed by atoms with Gasteiger partial charge in [-0.3, -0.25) is 28.7 Å². The van der Waals surface area contributed by atoms with Gasteiger partial charge in [-0.1, -0.05) is 141 Å². The molecule has 12 nitrogen and oxygen atoms in total. The van der Waals surface area contributed by atoms with Crippen molar-refractivity contribution < 1.29 is 19.7 Å². The SMILES string of the molecule is C.C.CC(C)(C)[Si](C)(c1ccccc1)c1ccccc1.CC[C@@]1(CO)O[C@@H](n2ccc(=O)[nH]c2=O)[C@H](Cl)[C@@H]1C.CC[C@]1(CO)O[C@@H](n2ccc(=O)[nH]c2=O)[C@H](Cl)[C@@H]1C. The van der Waals surface area contributed by atoms with Crippen LogP contribution in [0.1, 0.15) is 88.6 Å². The molecule has 2 aromatic heterocycles. The second kappa shape index (κ2) is 20.6. The fraction of sp³-hybridized carbons (Fsp3) is 0.535. The summed E-state index contributed by atoms with van der Waals surface area (Å²) in [6, 6.07) is 24.5. The number of benzene rings is 2. The Balaban J connectivity index is 0.000000295. The van der Waals surface area contributed by atoms with E-state index >= 15 is 0 Å².